The highest BCUT2D eigenvalue weighted by Gasteiger charge is 2.15. The molecule has 0 radical (unpaired) electrons. The number of nitrogens with one attached hydrogen (secondary N) is 1. The van der Waals surface area contributed by atoms with Crippen LogP contribution in [0.2, 0.25) is 0 Å². The average Bonchev–Trinajstić information content (AvgIpc) is 2.03. The number of carbonyl (C=O) groups excluding carboxylic acids is 1. The Morgan fingerprint density at radius 2 is 2.42 bits per heavy atom. The highest BCUT2D eigenvalue weighted by Crippen LogP contribution is 2.10. The Balaban J connectivity index is 3.63. The molecule has 2 N–H and O–H groups in total. The second-order valence-electron chi connectivity index (χ2n) is 2.23. The van der Waals surface area contributed by atoms with Gasteiger partial charge >= 0.3 is 5.97 Å². The summed E-state index contributed by atoms with van der Waals surface area (Å²) in [5.74, 6) is -0.239. The van der Waals surface area contributed by atoms with Gasteiger partial charge in [0.05, 0.1) is 0 Å². The number of hydrogen-bond donors (Lipinski definition) is 2. The van der Waals surface area contributed by atoms with Crippen LogP contribution in [0.15, 0.2) is 0 Å². The fourth-order valence-corrected chi connectivity index (χ4v) is 1.58. The maximum atomic E-state index is 10.4. The molecule has 0 aliphatic heterocycles. The second kappa shape index (κ2) is 6.97. The van der Waals surface area contributed by atoms with E-state index in [1.165, 1.54) is 11.8 Å². The third kappa shape index (κ3) is 5.01. The van der Waals surface area contributed by atoms with Crippen molar-refractivity contribution in [2.75, 3.05) is 5.75 Å². The van der Waals surface area contributed by atoms with Gasteiger partial charge in [-0.2, -0.15) is 0 Å². The van der Waals surface area contributed by atoms with Gasteiger partial charge in [-0.05, 0) is 12.2 Å². The van der Waals surface area contributed by atoms with Crippen LogP contribution in [0.25, 0.3) is 0 Å². The zero-order valence-electron chi connectivity index (χ0n) is 6.95. The van der Waals surface area contributed by atoms with Crippen LogP contribution in [0.4, 0.5) is 0 Å². The Bertz CT molecular complexity index is 152. The molecule has 0 rings (SSSR count). The average molecular weight is 191 g/mol. The number of carbonyl (C=O) groups is 2. The van der Waals surface area contributed by atoms with Crippen LogP contribution in [0.5, 0.6) is 0 Å². The monoisotopic (exact) mass is 191 g/mol. The van der Waals surface area contributed by atoms with Crippen molar-refractivity contribution in [3.8, 4) is 0 Å². The molecule has 0 aromatic heterocycles. The molecule has 0 spiro atoms. The van der Waals surface area contributed by atoms with Crippen molar-refractivity contribution in [1.82, 2.24) is 5.32 Å². The van der Waals surface area contributed by atoms with Crippen LogP contribution >= 0.6 is 11.8 Å². The van der Waals surface area contributed by atoms with Crippen LogP contribution < -0.4 is 5.32 Å². The van der Waals surface area contributed by atoms with E-state index in [0.717, 1.165) is 18.6 Å². The molecule has 0 aliphatic carbocycles. The molecule has 0 bridgehead atoms. The number of rotatable bonds is 7. The number of thioether (sulfide) groups is 1. The van der Waals surface area contributed by atoms with Crippen LogP contribution in [-0.4, -0.2) is 28.6 Å². The van der Waals surface area contributed by atoms with Gasteiger partial charge in [-0.3, -0.25) is 4.79 Å². The zero-order chi connectivity index (χ0) is 9.40. The summed E-state index contributed by atoms with van der Waals surface area (Å²) < 4.78 is 0. The molecule has 1 amide bonds. The Labute approximate surface area is 75.7 Å². The van der Waals surface area contributed by atoms with Gasteiger partial charge in [0.2, 0.25) is 6.41 Å². The van der Waals surface area contributed by atoms with Gasteiger partial charge in [-0.25, -0.2) is 4.79 Å². The molecule has 0 aromatic carbocycles. The number of carboxylic acid groups (broad SMARTS) is 1. The molecule has 1 unspecified atom stereocenters. The topological polar surface area (TPSA) is 66.4 Å². The summed E-state index contributed by atoms with van der Waals surface area (Å²) in [6, 6.07) is 0. The predicted molar refractivity (Wildman–Crippen MR) is 48.0 cm³/mol. The molecule has 4 nitrogen and oxygen atoms in total. The van der Waals surface area contributed by atoms with Crippen molar-refractivity contribution in [2.24, 2.45) is 0 Å². The van der Waals surface area contributed by atoms with Gasteiger partial charge in [-0.15, -0.1) is 11.8 Å². The van der Waals surface area contributed by atoms with E-state index in [-0.39, 0.29) is 0 Å². The lowest BCUT2D eigenvalue weighted by atomic mass is 10.4. The number of aliphatic carboxylic acids is 1. The van der Waals surface area contributed by atoms with Gasteiger partial charge in [0, 0.05) is 0 Å². The van der Waals surface area contributed by atoms with Gasteiger partial charge in [0.25, 0.3) is 0 Å². The van der Waals surface area contributed by atoms with Crippen molar-refractivity contribution in [3.05, 3.63) is 0 Å². The van der Waals surface area contributed by atoms with E-state index in [4.69, 9.17) is 5.11 Å². The molecule has 1 atom stereocenters. The number of hydrogen-bond acceptors (Lipinski definition) is 3. The zero-order valence-corrected chi connectivity index (χ0v) is 7.76. The Morgan fingerprint density at radius 1 is 1.75 bits per heavy atom. The molecule has 5 heteroatoms. The summed E-state index contributed by atoms with van der Waals surface area (Å²) in [6.07, 6.45) is 2.41. The van der Waals surface area contributed by atoms with Crippen molar-refractivity contribution in [3.63, 3.8) is 0 Å². The molecular formula is C7H13NO3S. The van der Waals surface area contributed by atoms with Gasteiger partial charge in [-0.1, -0.05) is 13.3 Å². The lowest BCUT2D eigenvalue weighted by molar-refractivity contribution is -0.137. The number of unbranched alkanes of at least 4 members (excludes halogenated alkanes) is 1. The summed E-state index contributed by atoms with van der Waals surface area (Å²) in [7, 11) is 0. The highest BCUT2D eigenvalue weighted by molar-refractivity contribution is 8.00. The first-order valence-corrected chi connectivity index (χ1v) is 4.81. The molecular weight excluding hydrogens is 178 g/mol. The summed E-state index contributed by atoms with van der Waals surface area (Å²) in [5, 5.41) is 9.99. The van der Waals surface area contributed by atoms with Crippen LogP contribution in [0.3, 0.4) is 0 Å². The first-order valence-electron chi connectivity index (χ1n) is 3.76. The molecule has 12 heavy (non-hydrogen) atoms. The minimum Gasteiger partial charge on any atom is -0.479 e. The van der Waals surface area contributed by atoms with E-state index < -0.39 is 11.3 Å². The Kier molecular flexibility index (Phi) is 6.55. The lowest BCUT2D eigenvalue weighted by Gasteiger charge is -2.09. The van der Waals surface area contributed by atoms with E-state index in [1.807, 2.05) is 6.92 Å². The van der Waals surface area contributed by atoms with E-state index >= 15 is 0 Å². The Morgan fingerprint density at radius 3 is 2.83 bits per heavy atom. The molecule has 0 fully saturated rings. The number of carboxylic acids is 1. The summed E-state index contributed by atoms with van der Waals surface area (Å²) >= 11 is 1.24. The lowest BCUT2D eigenvalue weighted by Crippen LogP contribution is -2.32. The molecule has 70 valence electrons. The van der Waals surface area contributed by atoms with Gasteiger partial charge < -0.3 is 10.4 Å². The quantitative estimate of drug-likeness (QED) is 0.353. The summed E-state index contributed by atoms with van der Waals surface area (Å²) in [5.41, 5.74) is 0. The van der Waals surface area contributed by atoms with Gasteiger partial charge in [0.1, 0.15) is 0 Å². The first-order chi connectivity index (χ1) is 5.72. The highest BCUT2D eigenvalue weighted by atomic mass is 32.2. The Hall–Kier alpha value is -0.710. The van der Waals surface area contributed by atoms with Crippen molar-refractivity contribution >= 4 is 24.1 Å². The fraction of sp³-hybridized carbons (Fsp3) is 0.714. The molecule has 0 aliphatic rings. The normalized spacial score (nSPS) is 12.1. The van der Waals surface area contributed by atoms with E-state index in [1.54, 1.807) is 0 Å². The third-order valence-corrected chi connectivity index (χ3v) is 2.42. The molecule has 0 aromatic rings. The smallest absolute Gasteiger partial charge is 0.336 e. The largest absolute Gasteiger partial charge is 0.479 e. The summed E-state index contributed by atoms with van der Waals surface area (Å²) in [6.45, 7) is 2.03. The second-order valence-corrected chi connectivity index (χ2v) is 3.44. The maximum absolute atomic E-state index is 10.4. The summed E-state index contributed by atoms with van der Waals surface area (Å²) in [4.78, 5) is 20.4. The minimum atomic E-state index is -0.997. The van der Waals surface area contributed by atoms with Crippen molar-refractivity contribution in [2.45, 2.75) is 25.1 Å². The van der Waals surface area contributed by atoms with E-state index in [2.05, 4.69) is 5.32 Å². The van der Waals surface area contributed by atoms with Crippen LogP contribution in [-0.2, 0) is 9.59 Å². The maximum Gasteiger partial charge on any atom is 0.336 e. The molecule has 0 saturated carbocycles. The SMILES string of the molecule is CCCCSC(NC=O)C(=O)O. The van der Waals surface area contributed by atoms with Crippen molar-refractivity contribution in [1.29, 1.82) is 0 Å². The van der Waals surface area contributed by atoms with E-state index in [0.29, 0.717) is 6.41 Å². The predicted octanol–water partition coefficient (Wildman–Crippen LogP) is 0.676. The fourth-order valence-electron chi connectivity index (χ4n) is 0.598. The van der Waals surface area contributed by atoms with E-state index in [9.17, 15) is 9.59 Å². The van der Waals surface area contributed by atoms with Crippen LogP contribution in [0, 0.1) is 0 Å². The third-order valence-electron chi connectivity index (χ3n) is 1.23. The molecule has 0 heterocycles. The first kappa shape index (κ1) is 11.3. The van der Waals surface area contributed by atoms with Crippen LogP contribution in [0.1, 0.15) is 19.8 Å². The standard InChI is InChI=1S/C7H13NO3S/c1-2-3-4-12-6(7(10)11)8-5-9/h5-6H,2-4H2,1H3,(H,8,9)(H,10,11). The molecule has 0 saturated heterocycles. The number of amides is 1. The minimum absolute atomic E-state index is 0.414. The van der Waals surface area contributed by atoms with Gasteiger partial charge in [0.15, 0.2) is 5.37 Å². The van der Waals surface area contributed by atoms with Crippen molar-refractivity contribution < 1.29 is 14.7 Å².